The largest absolute Gasteiger partial charge is 0.486 e. The van der Waals surface area contributed by atoms with Gasteiger partial charge in [0.15, 0.2) is 17.3 Å². The molecular weight excluding hydrogens is 469 g/mol. The van der Waals surface area contributed by atoms with Crippen molar-refractivity contribution in [1.82, 2.24) is 10.2 Å². The lowest BCUT2D eigenvalue weighted by atomic mass is 9.91. The zero-order chi connectivity index (χ0) is 25.2. The van der Waals surface area contributed by atoms with Gasteiger partial charge in [-0.1, -0.05) is 6.07 Å². The Hall–Kier alpha value is -2.80. The Kier molecular flexibility index (Phi) is 7.23. The Morgan fingerprint density at radius 3 is 2.68 bits per heavy atom. The molecule has 2 atom stereocenters. The molecule has 6 nitrogen and oxygen atoms in total. The van der Waals surface area contributed by atoms with Crippen molar-refractivity contribution in [2.45, 2.75) is 57.4 Å². The van der Waals surface area contributed by atoms with Gasteiger partial charge in [-0.15, -0.1) is 0 Å². The molecule has 7 heteroatoms. The fourth-order valence-corrected chi connectivity index (χ4v) is 6.45. The zero-order valence-electron chi connectivity index (χ0n) is 21.6. The lowest BCUT2D eigenvalue weighted by molar-refractivity contribution is -0.125. The van der Waals surface area contributed by atoms with E-state index in [1.165, 1.54) is 61.4 Å². The number of nitrogens with zero attached hydrogens (tertiary/aromatic N) is 2. The third kappa shape index (κ3) is 5.57. The van der Waals surface area contributed by atoms with Crippen LogP contribution in [-0.2, 0) is 24.1 Å². The Balaban J connectivity index is 1.12. The molecule has 1 aliphatic carbocycles. The number of halogens is 1. The molecule has 1 unspecified atom stereocenters. The minimum atomic E-state index is -0.394. The quantitative estimate of drug-likeness (QED) is 0.611. The van der Waals surface area contributed by atoms with Gasteiger partial charge in [0.25, 0.3) is 0 Å². The van der Waals surface area contributed by atoms with E-state index < -0.39 is 5.82 Å². The maximum atomic E-state index is 14.7. The smallest absolute Gasteiger partial charge is 0.225 e. The van der Waals surface area contributed by atoms with Crippen molar-refractivity contribution in [2.24, 2.45) is 5.92 Å². The summed E-state index contributed by atoms with van der Waals surface area (Å²) in [6.45, 7) is 5.33. The van der Waals surface area contributed by atoms with Crippen molar-refractivity contribution >= 4 is 11.6 Å². The second-order valence-electron chi connectivity index (χ2n) is 11.1. The highest BCUT2D eigenvalue weighted by Gasteiger charge is 2.31. The molecule has 2 fully saturated rings. The van der Waals surface area contributed by atoms with E-state index in [1.54, 1.807) is 0 Å². The molecular formula is C30H38FN3O3. The number of amides is 1. The van der Waals surface area contributed by atoms with E-state index in [0.29, 0.717) is 25.4 Å². The number of nitrogens with one attached hydrogen (secondary N) is 1. The van der Waals surface area contributed by atoms with Crippen molar-refractivity contribution in [3.63, 3.8) is 0 Å². The van der Waals surface area contributed by atoms with Gasteiger partial charge in [-0.25, -0.2) is 4.39 Å². The maximum absolute atomic E-state index is 14.7. The van der Waals surface area contributed by atoms with Crippen molar-refractivity contribution in [3.8, 4) is 11.5 Å². The van der Waals surface area contributed by atoms with Gasteiger partial charge in [-0.3, -0.25) is 4.79 Å². The van der Waals surface area contributed by atoms with Crippen LogP contribution in [0.5, 0.6) is 11.5 Å². The number of likely N-dealkylation sites (tertiary alicyclic amines) is 1. The predicted molar refractivity (Wildman–Crippen MR) is 142 cm³/mol. The number of ether oxygens (including phenoxy) is 2. The highest BCUT2D eigenvalue weighted by molar-refractivity contribution is 5.80. The van der Waals surface area contributed by atoms with Gasteiger partial charge in [0.05, 0.1) is 5.92 Å². The number of aryl methyl sites for hydroxylation is 2. The molecule has 37 heavy (non-hydrogen) atoms. The van der Waals surface area contributed by atoms with Crippen LogP contribution in [0, 0.1) is 11.7 Å². The maximum Gasteiger partial charge on any atom is 0.225 e. The number of carbonyl (C=O) groups is 1. The van der Waals surface area contributed by atoms with Crippen LogP contribution >= 0.6 is 0 Å². The van der Waals surface area contributed by atoms with Crippen LogP contribution in [-0.4, -0.2) is 62.8 Å². The molecule has 3 aliphatic heterocycles. The van der Waals surface area contributed by atoms with Gasteiger partial charge in [-0.2, -0.15) is 0 Å². The minimum Gasteiger partial charge on any atom is -0.486 e. The van der Waals surface area contributed by atoms with Crippen molar-refractivity contribution in [3.05, 3.63) is 52.8 Å². The number of hydrogen-bond acceptors (Lipinski definition) is 5. The number of benzene rings is 2. The molecule has 2 saturated heterocycles. The molecule has 198 valence electrons. The second-order valence-corrected chi connectivity index (χ2v) is 11.1. The highest BCUT2D eigenvalue weighted by Crippen LogP contribution is 2.35. The standard InChI is InChI=1S/C30H38FN3O3/c31-27-16-21(17-28-29(27)37-14-13-36-28)15-25(20-33-10-3-4-11-33)32-30(35)24-9-12-34(19-24)26-8-7-22-5-1-2-6-23(22)18-26/h7-8,16-18,24-25H,1-6,9-15,19-20H2,(H,32,35)/t24-,25?/m1/s1. The molecule has 0 spiro atoms. The van der Waals surface area contributed by atoms with E-state index in [0.717, 1.165) is 44.7 Å². The van der Waals surface area contributed by atoms with Crippen molar-refractivity contribution < 1.29 is 18.7 Å². The first kappa shape index (κ1) is 24.5. The first-order chi connectivity index (χ1) is 18.1. The van der Waals surface area contributed by atoms with Crippen molar-refractivity contribution in [1.29, 1.82) is 0 Å². The van der Waals surface area contributed by atoms with Gasteiger partial charge in [-0.05, 0) is 105 Å². The number of hydrogen-bond donors (Lipinski definition) is 1. The highest BCUT2D eigenvalue weighted by atomic mass is 19.1. The molecule has 0 bridgehead atoms. The number of carbonyl (C=O) groups excluding carboxylic acids is 1. The first-order valence-electron chi connectivity index (χ1n) is 14.1. The summed E-state index contributed by atoms with van der Waals surface area (Å²) in [5.74, 6) is 0.346. The topological polar surface area (TPSA) is 54.0 Å². The molecule has 0 saturated carbocycles. The molecule has 1 amide bonds. The Labute approximate surface area is 219 Å². The summed E-state index contributed by atoms with van der Waals surface area (Å²) >= 11 is 0. The molecule has 2 aromatic carbocycles. The van der Waals surface area contributed by atoms with Crippen LogP contribution in [0.3, 0.4) is 0 Å². The van der Waals surface area contributed by atoms with Crippen LogP contribution in [0.2, 0.25) is 0 Å². The molecule has 6 rings (SSSR count). The average molecular weight is 508 g/mol. The summed E-state index contributed by atoms with van der Waals surface area (Å²) in [4.78, 5) is 18.2. The molecule has 4 aliphatic rings. The summed E-state index contributed by atoms with van der Waals surface area (Å²) in [6, 6.07) is 10.2. The molecule has 0 radical (unpaired) electrons. The van der Waals surface area contributed by atoms with Crippen LogP contribution in [0.25, 0.3) is 0 Å². The van der Waals surface area contributed by atoms with E-state index >= 15 is 0 Å². The van der Waals surface area contributed by atoms with Gasteiger partial charge in [0.2, 0.25) is 5.91 Å². The number of rotatable bonds is 7. The zero-order valence-corrected chi connectivity index (χ0v) is 21.6. The Morgan fingerprint density at radius 1 is 1.00 bits per heavy atom. The molecule has 2 aromatic rings. The Bertz CT molecular complexity index is 1130. The minimum absolute atomic E-state index is 0.0332. The normalized spacial score (nSPS) is 22.1. The second kappa shape index (κ2) is 10.9. The SMILES string of the molecule is O=C(NC(Cc1cc(F)c2c(c1)OCCO2)CN1CCCC1)[C@@H]1CCN(c2ccc3c(c2)CCCC3)C1. The van der Waals surface area contributed by atoms with E-state index in [2.05, 4.69) is 33.3 Å². The van der Waals surface area contributed by atoms with E-state index in [-0.39, 0.29) is 23.6 Å². The van der Waals surface area contributed by atoms with E-state index in [1.807, 2.05) is 6.07 Å². The summed E-state index contributed by atoms with van der Waals surface area (Å²) < 4.78 is 25.8. The van der Waals surface area contributed by atoms with Crippen LogP contribution in [0.15, 0.2) is 30.3 Å². The third-order valence-electron chi connectivity index (χ3n) is 8.42. The summed E-state index contributed by atoms with van der Waals surface area (Å²) in [6.07, 6.45) is 8.72. The average Bonchev–Trinajstić information content (AvgIpc) is 3.61. The summed E-state index contributed by atoms with van der Waals surface area (Å²) in [5.41, 5.74) is 5.04. The van der Waals surface area contributed by atoms with Gasteiger partial charge in [0, 0.05) is 31.4 Å². The number of fused-ring (bicyclic) bond motifs is 2. The molecule has 1 N–H and O–H groups in total. The summed E-state index contributed by atoms with van der Waals surface area (Å²) in [7, 11) is 0. The lowest BCUT2D eigenvalue weighted by Crippen LogP contribution is -2.47. The fourth-order valence-electron chi connectivity index (χ4n) is 6.45. The van der Waals surface area contributed by atoms with Gasteiger partial charge in [0.1, 0.15) is 13.2 Å². The van der Waals surface area contributed by atoms with Gasteiger partial charge < -0.3 is 24.6 Å². The third-order valence-corrected chi connectivity index (χ3v) is 8.42. The summed E-state index contributed by atoms with van der Waals surface area (Å²) in [5, 5.41) is 3.35. The Morgan fingerprint density at radius 2 is 1.81 bits per heavy atom. The molecule has 0 aromatic heterocycles. The van der Waals surface area contributed by atoms with Crippen LogP contribution in [0.1, 0.15) is 48.8 Å². The number of anilines is 1. The van der Waals surface area contributed by atoms with Crippen LogP contribution in [0.4, 0.5) is 10.1 Å². The lowest BCUT2D eigenvalue weighted by Gasteiger charge is -2.27. The van der Waals surface area contributed by atoms with Crippen LogP contribution < -0.4 is 19.7 Å². The van der Waals surface area contributed by atoms with Crippen molar-refractivity contribution in [2.75, 3.05) is 50.8 Å². The van der Waals surface area contributed by atoms with E-state index in [4.69, 9.17) is 9.47 Å². The van der Waals surface area contributed by atoms with Gasteiger partial charge >= 0.3 is 0 Å². The first-order valence-corrected chi connectivity index (χ1v) is 14.1. The molecule has 3 heterocycles. The monoisotopic (exact) mass is 507 g/mol. The predicted octanol–water partition coefficient (Wildman–Crippen LogP) is 4.13. The van der Waals surface area contributed by atoms with E-state index in [9.17, 15) is 9.18 Å². The fraction of sp³-hybridized carbons (Fsp3) is 0.567.